The smallest absolute Gasteiger partial charge is 0.0345 e. The molecule has 0 atom stereocenters. The molecule has 2 aromatic heterocycles. The van der Waals surface area contributed by atoms with Gasteiger partial charge in [0, 0.05) is 14.6 Å². The number of rotatable bonds is 9. The standard InChI is InChI=1S/C22H26S2/c1-2-3-4-5-6-7-9-20-15-16-22(24-20)19-13-11-18(12-14-19)21-10-8-17-23-21/h8,10-17H,2-7,9H2,1H3. The second kappa shape index (κ2) is 9.19. The zero-order chi connectivity index (χ0) is 16.6. The Labute approximate surface area is 154 Å². The molecule has 0 aliphatic rings. The quantitative estimate of drug-likeness (QED) is 0.341. The van der Waals surface area contributed by atoms with Crippen molar-refractivity contribution in [1.29, 1.82) is 0 Å². The first-order valence-corrected chi connectivity index (χ1v) is 10.8. The van der Waals surface area contributed by atoms with Crippen LogP contribution < -0.4 is 0 Å². The van der Waals surface area contributed by atoms with Crippen LogP contribution in [0.5, 0.6) is 0 Å². The molecule has 0 bridgehead atoms. The van der Waals surface area contributed by atoms with Gasteiger partial charge in [0.2, 0.25) is 0 Å². The van der Waals surface area contributed by atoms with Gasteiger partial charge in [0.1, 0.15) is 0 Å². The van der Waals surface area contributed by atoms with Gasteiger partial charge in [0.15, 0.2) is 0 Å². The van der Waals surface area contributed by atoms with Crippen molar-refractivity contribution in [3.05, 3.63) is 58.8 Å². The van der Waals surface area contributed by atoms with E-state index < -0.39 is 0 Å². The normalized spacial score (nSPS) is 11.0. The van der Waals surface area contributed by atoms with Gasteiger partial charge >= 0.3 is 0 Å². The summed E-state index contributed by atoms with van der Waals surface area (Å²) in [6, 6.07) is 17.9. The third kappa shape index (κ3) is 4.81. The second-order valence-electron chi connectivity index (χ2n) is 6.34. The maximum absolute atomic E-state index is 2.32. The summed E-state index contributed by atoms with van der Waals surface area (Å²) in [7, 11) is 0. The van der Waals surface area contributed by atoms with E-state index in [9.17, 15) is 0 Å². The van der Waals surface area contributed by atoms with Crippen LogP contribution in [0.25, 0.3) is 20.9 Å². The van der Waals surface area contributed by atoms with Gasteiger partial charge in [-0.25, -0.2) is 0 Å². The molecule has 0 fully saturated rings. The summed E-state index contributed by atoms with van der Waals surface area (Å²) in [5.74, 6) is 0. The largest absolute Gasteiger partial charge is 0.144 e. The Hall–Kier alpha value is -1.38. The van der Waals surface area contributed by atoms with Crippen LogP contribution in [0, 0.1) is 0 Å². The van der Waals surface area contributed by atoms with E-state index in [0.29, 0.717) is 0 Å². The number of hydrogen-bond acceptors (Lipinski definition) is 2. The van der Waals surface area contributed by atoms with Crippen molar-refractivity contribution in [2.75, 3.05) is 0 Å². The van der Waals surface area contributed by atoms with E-state index in [2.05, 4.69) is 60.8 Å². The molecule has 2 heteroatoms. The molecule has 0 amide bonds. The van der Waals surface area contributed by atoms with Gasteiger partial charge in [-0.1, -0.05) is 69.4 Å². The fourth-order valence-electron chi connectivity index (χ4n) is 2.99. The second-order valence-corrected chi connectivity index (χ2v) is 8.45. The van der Waals surface area contributed by atoms with E-state index in [1.807, 2.05) is 11.3 Å². The molecule has 0 saturated carbocycles. The Morgan fingerprint density at radius 1 is 0.708 bits per heavy atom. The minimum Gasteiger partial charge on any atom is -0.144 e. The predicted molar refractivity (Wildman–Crippen MR) is 110 cm³/mol. The van der Waals surface area contributed by atoms with Crippen LogP contribution in [-0.2, 0) is 6.42 Å². The van der Waals surface area contributed by atoms with Crippen molar-refractivity contribution < 1.29 is 0 Å². The first-order chi connectivity index (χ1) is 11.9. The molecule has 0 saturated heterocycles. The Morgan fingerprint density at radius 2 is 1.42 bits per heavy atom. The summed E-state index contributed by atoms with van der Waals surface area (Å²) < 4.78 is 0. The molecular weight excluding hydrogens is 328 g/mol. The third-order valence-electron chi connectivity index (χ3n) is 4.41. The number of aryl methyl sites for hydroxylation is 1. The van der Waals surface area contributed by atoms with Gasteiger partial charge in [0.25, 0.3) is 0 Å². The van der Waals surface area contributed by atoms with E-state index >= 15 is 0 Å². The first kappa shape index (κ1) is 17.4. The third-order valence-corrected chi connectivity index (χ3v) is 6.53. The van der Waals surface area contributed by atoms with Gasteiger partial charge in [-0.2, -0.15) is 0 Å². The molecule has 0 N–H and O–H groups in total. The molecule has 24 heavy (non-hydrogen) atoms. The van der Waals surface area contributed by atoms with Gasteiger partial charge < -0.3 is 0 Å². The zero-order valence-electron chi connectivity index (χ0n) is 14.5. The van der Waals surface area contributed by atoms with Crippen molar-refractivity contribution >= 4 is 22.7 Å². The maximum atomic E-state index is 2.32. The number of thiophene rings is 2. The van der Waals surface area contributed by atoms with Gasteiger partial charge in [-0.15, -0.1) is 22.7 Å². The lowest BCUT2D eigenvalue weighted by Crippen LogP contribution is -1.82. The fraction of sp³-hybridized carbons (Fsp3) is 0.364. The molecule has 3 rings (SSSR count). The summed E-state index contributed by atoms with van der Waals surface area (Å²) >= 11 is 3.76. The van der Waals surface area contributed by atoms with E-state index in [1.165, 1.54) is 70.7 Å². The molecule has 0 radical (unpaired) electrons. The topological polar surface area (TPSA) is 0 Å². The average Bonchev–Trinajstić information content (AvgIpc) is 3.30. The molecule has 2 heterocycles. The monoisotopic (exact) mass is 354 g/mol. The highest BCUT2D eigenvalue weighted by atomic mass is 32.1. The summed E-state index contributed by atoms with van der Waals surface area (Å²) in [6.07, 6.45) is 9.48. The lowest BCUT2D eigenvalue weighted by atomic mass is 10.1. The lowest BCUT2D eigenvalue weighted by Gasteiger charge is -2.01. The highest BCUT2D eigenvalue weighted by molar-refractivity contribution is 7.15. The van der Waals surface area contributed by atoms with Crippen LogP contribution in [0.4, 0.5) is 0 Å². The van der Waals surface area contributed by atoms with Crippen LogP contribution in [0.2, 0.25) is 0 Å². The van der Waals surface area contributed by atoms with Crippen LogP contribution in [-0.4, -0.2) is 0 Å². The van der Waals surface area contributed by atoms with Crippen LogP contribution in [0.1, 0.15) is 50.3 Å². The number of hydrogen-bond donors (Lipinski definition) is 0. The van der Waals surface area contributed by atoms with Crippen molar-refractivity contribution in [2.24, 2.45) is 0 Å². The number of benzene rings is 1. The maximum Gasteiger partial charge on any atom is 0.0345 e. The summed E-state index contributed by atoms with van der Waals surface area (Å²) in [5.41, 5.74) is 2.66. The van der Waals surface area contributed by atoms with Crippen molar-refractivity contribution in [1.82, 2.24) is 0 Å². The van der Waals surface area contributed by atoms with E-state index in [1.54, 1.807) is 11.3 Å². The zero-order valence-corrected chi connectivity index (χ0v) is 16.1. The minimum atomic E-state index is 1.24. The summed E-state index contributed by atoms with van der Waals surface area (Å²) in [4.78, 5) is 4.27. The van der Waals surface area contributed by atoms with Crippen molar-refractivity contribution in [3.8, 4) is 20.9 Å². The Balaban J connectivity index is 1.53. The first-order valence-electron chi connectivity index (χ1n) is 9.10. The molecule has 126 valence electrons. The fourth-order valence-corrected chi connectivity index (χ4v) is 4.78. The summed E-state index contributed by atoms with van der Waals surface area (Å²) in [5, 5.41) is 2.14. The average molecular weight is 355 g/mol. The molecule has 3 aromatic rings. The molecule has 0 nitrogen and oxygen atoms in total. The number of unbranched alkanes of at least 4 members (excludes halogenated alkanes) is 5. The molecule has 0 aliphatic heterocycles. The molecule has 1 aromatic carbocycles. The lowest BCUT2D eigenvalue weighted by molar-refractivity contribution is 0.609. The predicted octanol–water partition coefficient (Wildman–Crippen LogP) is 8.05. The van der Waals surface area contributed by atoms with Gasteiger partial charge in [-0.05, 0) is 47.5 Å². The highest BCUT2D eigenvalue weighted by Crippen LogP contribution is 2.32. The Morgan fingerprint density at radius 3 is 2.12 bits per heavy atom. The summed E-state index contributed by atoms with van der Waals surface area (Å²) in [6.45, 7) is 2.28. The Kier molecular flexibility index (Phi) is 6.68. The highest BCUT2D eigenvalue weighted by Gasteiger charge is 2.04. The van der Waals surface area contributed by atoms with Crippen molar-refractivity contribution in [3.63, 3.8) is 0 Å². The van der Waals surface area contributed by atoms with E-state index in [4.69, 9.17) is 0 Å². The van der Waals surface area contributed by atoms with Crippen LogP contribution >= 0.6 is 22.7 Å². The van der Waals surface area contributed by atoms with Crippen LogP contribution in [0.3, 0.4) is 0 Å². The Bertz CT molecular complexity index is 705. The molecular formula is C22H26S2. The molecule has 0 aliphatic carbocycles. The van der Waals surface area contributed by atoms with Gasteiger partial charge in [0.05, 0.1) is 0 Å². The molecule has 0 unspecified atom stereocenters. The SMILES string of the molecule is CCCCCCCCc1ccc(-c2ccc(-c3cccs3)cc2)s1. The van der Waals surface area contributed by atoms with Crippen LogP contribution in [0.15, 0.2) is 53.9 Å². The van der Waals surface area contributed by atoms with E-state index in [0.717, 1.165) is 0 Å². The van der Waals surface area contributed by atoms with Crippen molar-refractivity contribution in [2.45, 2.75) is 51.9 Å². The molecule has 0 spiro atoms. The van der Waals surface area contributed by atoms with Gasteiger partial charge in [-0.3, -0.25) is 0 Å². The van der Waals surface area contributed by atoms with E-state index in [-0.39, 0.29) is 0 Å². The minimum absolute atomic E-state index is 1.24.